The molecule has 0 aliphatic carbocycles. The molecule has 0 amide bonds. The van der Waals surface area contributed by atoms with Gasteiger partial charge in [0.25, 0.3) is 0 Å². The number of methoxy groups -OCH3 is 1. The van der Waals surface area contributed by atoms with Crippen molar-refractivity contribution < 1.29 is 4.74 Å². The summed E-state index contributed by atoms with van der Waals surface area (Å²) in [7, 11) is 1.56. The first-order valence-electron chi connectivity index (χ1n) is 3.08. The van der Waals surface area contributed by atoms with E-state index in [1.54, 1.807) is 25.3 Å². The Balaban J connectivity index is 0.00000121. The fraction of sp³-hybridized carbons (Fsp3) is 0.143. The summed E-state index contributed by atoms with van der Waals surface area (Å²) >= 11 is 5.70. The molecule has 0 aliphatic heterocycles. The molecular weight excluding hydrogens is 199 g/mol. The third kappa shape index (κ3) is 2.44. The van der Waals surface area contributed by atoms with Gasteiger partial charge in [-0.3, -0.25) is 5.84 Å². The number of nitrogens with one attached hydrogen (secondary N) is 1. The molecule has 0 heterocycles. The number of rotatable bonds is 2. The maximum absolute atomic E-state index is 5.70. The van der Waals surface area contributed by atoms with E-state index in [2.05, 4.69) is 5.43 Å². The standard InChI is InChI=1S/C7H9ClN2O.ClH/c1-11-7-4-5(8)2-3-6(7)10-9;/h2-4,10H,9H2,1H3;1H. The second-order valence-corrected chi connectivity index (χ2v) is 2.43. The Kier molecular flexibility index (Phi) is 4.81. The highest BCUT2D eigenvalue weighted by molar-refractivity contribution is 6.30. The van der Waals surface area contributed by atoms with Gasteiger partial charge in [-0.25, -0.2) is 0 Å². The molecule has 0 saturated heterocycles. The molecule has 0 spiro atoms. The highest BCUT2D eigenvalue weighted by Crippen LogP contribution is 2.26. The Hall–Kier alpha value is -0.640. The topological polar surface area (TPSA) is 47.3 Å². The fourth-order valence-electron chi connectivity index (χ4n) is 0.784. The molecule has 1 aromatic carbocycles. The number of nitrogens with two attached hydrogens (primary N) is 1. The number of hydrogen-bond acceptors (Lipinski definition) is 3. The maximum Gasteiger partial charge on any atom is 0.144 e. The van der Waals surface area contributed by atoms with Gasteiger partial charge in [0.1, 0.15) is 5.75 Å². The van der Waals surface area contributed by atoms with E-state index in [1.165, 1.54) is 0 Å². The van der Waals surface area contributed by atoms with Crippen molar-refractivity contribution in [3.63, 3.8) is 0 Å². The Morgan fingerprint density at radius 1 is 1.50 bits per heavy atom. The van der Waals surface area contributed by atoms with Crippen molar-refractivity contribution in [3.8, 4) is 5.75 Å². The van der Waals surface area contributed by atoms with Gasteiger partial charge < -0.3 is 10.2 Å². The molecule has 68 valence electrons. The van der Waals surface area contributed by atoms with Crippen LogP contribution >= 0.6 is 24.0 Å². The van der Waals surface area contributed by atoms with E-state index < -0.39 is 0 Å². The van der Waals surface area contributed by atoms with Crippen LogP contribution in [0, 0.1) is 0 Å². The summed E-state index contributed by atoms with van der Waals surface area (Å²) in [5.74, 6) is 5.84. The van der Waals surface area contributed by atoms with Crippen molar-refractivity contribution in [2.75, 3.05) is 12.5 Å². The van der Waals surface area contributed by atoms with Gasteiger partial charge in [-0.1, -0.05) is 11.6 Å². The van der Waals surface area contributed by atoms with Gasteiger partial charge >= 0.3 is 0 Å². The largest absolute Gasteiger partial charge is 0.494 e. The number of nitrogen functional groups attached to an aromatic ring is 1. The predicted octanol–water partition coefficient (Wildman–Crippen LogP) is 2.06. The number of anilines is 1. The van der Waals surface area contributed by atoms with E-state index in [-0.39, 0.29) is 12.4 Å². The van der Waals surface area contributed by atoms with Crippen molar-refractivity contribution in [1.82, 2.24) is 0 Å². The fourth-order valence-corrected chi connectivity index (χ4v) is 0.946. The van der Waals surface area contributed by atoms with Gasteiger partial charge in [-0.15, -0.1) is 12.4 Å². The number of hydrazine groups is 1. The lowest BCUT2D eigenvalue weighted by atomic mass is 10.3. The van der Waals surface area contributed by atoms with Crippen LogP contribution in [0.2, 0.25) is 5.02 Å². The van der Waals surface area contributed by atoms with Crippen molar-refractivity contribution in [2.24, 2.45) is 5.84 Å². The molecule has 3 N–H and O–H groups in total. The normalized spacial score (nSPS) is 8.58. The summed E-state index contributed by atoms with van der Waals surface area (Å²) in [6, 6.07) is 5.18. The molecule has 1 aromatic rings. The summed E-state index contributed by atoms with van der Waals surface area (Å²) in [4.78, 5) is 0. The molecule has 12 heavy (non-hydrogen) atoms. The van der Waals surface area contributed by atoms with Gasteiger partial charge in [0, 0.05) is 11.1 Å². The first kappa shape index (κ1) is 11.4. The van der Waals surface area contributed by atoms with Gasteiger partial charge in [0.2, 0.25) is 0 Å². The van der Waals surface area contributed by atoms with E-state index in [0.29, 0.717) is 10.8 Å². The van der Waals surface area contributed by atoms with Crippen LogP contribution in [-0.2, 0) is 0 Å². The second-order valence-electron chi connectivity index (χ2n) is 1.99. The zero-order valence-electron chi connectivity index (χ0n) is 6.50. The van der Waals surface area contributed by atoms with Crippen molar-refractivity contribution in [2.45, 2.75) is 0 Å². The van der Waals surface area contributed by atoms with Gasteiger partial charge in [-0.05, 0) is 12.1 Å². The summed E-state index contributed by atoms with van der Waals surface area (Å²) in [6.07, 6.45) is 0. The van der Waals surface area contributed by atoms with Gasteiger partial charge in [0.15, 0.2) is 0 Å². The minimum Gasteiger partial charge on any atom is -0.494 e. The Morgan fingerprint density at radius 3 is 2.67 bits per heavy atom. The molecule has 3 nitrogen and oxygen atoms in total. The minimum absolute atomic E-state index is 0. The highest BCUT2D eigenvalue weighted by atomic mass is 35.5. The molecule has 1 rings (SSSR count). The molecule has 0 radical (unpaired) electrons. The minimum atomic E-state index is 0. The molecule has 0 bridgehead atoms. The third-order valence-corrected chi connectivity index (χ3v) is 1.55. The van der Waals surface area contributed by atoms with Crippen LogP contribution in [0.1, 0.15) is 0 Å². The van der Waals surface area contributed by atoms with Crippen LogP contribution in [0.5, 0.6) is 5.75 Å². The highest BCUT2D eigenvalue weighted by Gasteiger charge is 2.00. The van der Waals surface area contributed by atoms with Crippen molar-refractivity contribution in [3.05, 3.63) is 23.2 Å². The third-order valence-electron chi connectivity index (χ3n) is 1.32. The van der Waals surface area contributed by atoms with Crippen LogP contribution in [0.3, 0.4) is 0 Å². The Bertz CT molecular complexity index is 255. The van der Waals surface area contributed by atoms with E-state index >= 15 is 0 Å². The molecule has 0 fully saturated rings. The molecular formula is C7H10Cl2N2O. The summed E-state index contributed by atoms with van der Waals surface area (Å²) in [5.41, 5.74) is 3.21. The summed E-state index contributed by atoms with van der Waals surface area (Å²) in [5, 5.41) is 0.626. The Morgan fingerprint density at radius 2 is 2.17 bits per heavy atom. The summed E-state index contributed by atoms with van der Waals surface area (Å²) in [6.45, 7) is 0. The molecule has 0 atom stereocenters. The quantitative estimate of drug-likeness (QED) is 0.578. The van der Waals surface area contributed by atoms with Gasteiger partial charge in [-0.2, -0.15) is 0 Å². The number of ether oxygens (including phenoxy) is 1. The van der Waals surface area contributed by atoms with Crippen molar-refractivity contribution >= 4 is 29.7 Å². The second kappa shape index (κ2) is 5.09. The van der Waals surface area contributed by atoms with E-state index in [4.69, 9.17) is 22.2 Å². The molecule has 0 unspecified atom stereocenters. The smallest absolute Gasteiger partial charge is 0.144 e. The number of halogens is 2. The monoisotopic (exact) mass is 208 g/mol. The summed E-state index contributed by atoms with van der Waals surface area (Å²) < 4.78 is 4.99. The first-order valence-corrected chi connectivity index (χ1v) is 3.46. The zero-order valence-corrected chi connectivity index (χ0v) is 8.08. The average molecular weight is 209 g/mol. The number of benzene rings is 1. The molecule has 0 aliphatic rings. The van der Waals surface area contributed by atoms with E-state index in [1.807, 2.05) is 0 Å². The van der Waals surface area contributed by atoms with E-state index in [9.17, 15) is 0 Å². The lowest BCUT2D eigenvalue weighted by molar-refractivity contribution is 0.416. The van der Waals surface area contributed by atoms with E-state index in [0.717, 1.165) is 5.69 Å². The van der Waals surface area contributed by atoms with Crippen LogP contribution in [0.25, 0.3) is 0 Å². The lowest BCUT2D eigenvalue weighted by Gasteiger charge is -2.06. The SMILES string of the molecule is COc1cc(Cl)ccc1NN.Cl. The van der Waals surface area contributed by atoms with Gasteiger partial charge in [0.05, 0.1) is 12.8 Å². The molecule has 0 saturated carbocycles. The zero-order chi connectivity index (χ0) is 8.27. The van der Waals surface area contributed by atoms with Crippen LogP contribution in [0.15, 0.2) is 18.2 Å². The lowest BCUT2D eigenvalue weighted by Crippen LogP contribution is -2.07. The van der Waals surface area contributed by atoms with Crippen LogP contribution in [-0.4, -0.2) is 7.11 Å². The van der Waals surface area contributed by atoms with Crippen LogP contribution in [0.4, 0.5) is 5.69 Å². The Labute approximate surface area is 82.2 Å². The maximum atomic E-state index is 5.70. The average Bonchev–Trinajstić information content (AvgIpc) is 2.04. The van der Waals surface area contributed by atoms with Crippen LogP contribution < -0.4 is 16.0 Å². The molecule has 5 heteroatoms. The first-order chi connectivity index (χ1) is 5.27. The molecule has 0 aromatic heterocycles. The number of hydrogen-bond donors (Lipinski definition) is 2. The predicted molar refractivity (Wildman–Crippen MR) is 53.1 cm³/mol. The van der Waals surface area contributed by atoms with Crippen molar-refractivity contribution in [1.29, 1.82) is 0 Å².